The molecule has 0 aliphatic heterocycles. The van der Waals surface area contributed by atoms with E-state index < -0.39 is 96.4 Å². The number of aliphatic hydroxyl groups excluding tert-OH is 3. The van der Waals surface area contributed by atoms with E-state index in [0.717, 1.165) is 0 Å². The van der Waals surface area contributed by atoms with E-state index in [0.29, 0.717) is 57.8 Å². The van der Waals surface area contributed by atoms with E-state index in [1.54, 1.807) is 0 Å². The van der Waals surface area contributed by atoms with Crippen molar-refractivity contribution in [2.75, 3.05) is 19.0 Å². The molecule has 21 heteroatoms. The van der Waals surface area contributed by atoms with Gasteiger partial charge < -0.3 is 44.2 Å². The summed E-state index contributed by atoms with van der Waals surface area (Å²) in [6.45, 7) is 5.59. The zero-order chi connectivity index (χ0) is 36.5. The Morgan fingerprint density at radius 1 is 0.458 bits per heavy atom. The normalized spacial score (nSPS) is 26.4. The molecule has 1 aliphatic rings. The number of unbranched alkanes of at least 4 members (excludes halogenated alkanes) is 6. The van der Waals surface area contributed by atoms with Crippen molar-refractivity contribution in [1.29, 1.82) is 0 Å². The number of carbonyl (C=O) groups is 3. The van der Waals surface area contributed by atoms with E-state index in [4.69, 9.17) is 27.8 Å². The maximum absolute atomic E-state index is 13.1. The molecule has 9 atom stereocenters. The van der Waals surface area contributed by atoms with E-state index in [1.165, 1.54) is 0 Å². The van der Waals surface area contributed by atoms with Crippen LogP contribution in [-0.4, -0.2) is 104 Å². The van der Waals surface area contributed by atoms with Gasteiger partial charge in [0.25, 0.3) is 0 Å². The molecule has 0 amide bonds. The summed E-state index contributed by atoms with van der Waals surface area (Å²) in [5, 5.41) is 28.7. The second-order valence-electron chi connectivity index (χ2n) is 11.3. The zero-order valence-electron chi connectivity index (χ0n) is 27.5. The fraction of sp³-hybridized carbons (Fsp3) is 0.889. The average molecular weight is 757 g/mol. The largest absolute Gasteiger partial charge is 0.455 e. The molecule has 1 saturated carbocycles. The molecule has 282 valence electrons. The lowest BCUT2D eigenvalue weighted by Gasteiger charge is -2.48. The van der Waals surface area contributed by atoms with Gasteiger partial charge in [-0.3, -0.25) is 41.6 Å². The predicted octanol–water partition coefficient (Wildman–Crippen LogP) is 3.04. The van der Waals surface area contributed by atoms with Gasteiger partial charge in [0.05, 0.1) is 0 Å². The number of ether oxygens (including phenoxy) is 3. The Labute approximate surface area is 280 Å². The Kier molecular flexibility index (Phi) is 20.4. The SMILES string of the molecule is CCCCCC(=O)OC1[C@@H](OC(=O)CCCCC)[C@H](OP(=O)(O)CO)C(OP(=O)(O)CO)[C@@H](OP(=O)(O)CO)[C@H]1OC(=O)CCCCC. The van der Waals surface area contributed by atoms with Gasteiger partial charge in [0.15, 0.2) is 18.3 Å². The van der Waals surface area contributed by atoms with E-state index in [-0.39, 0.29) is 19.3 Å². The van der Waals surface area contributed by atoms with Crippen LogP contribution in [0.5, 0.6) is 0 Å². The summed E-state index contributed by atoms with van der Waals surface area (Å²) in [5.74, 6) is -2.90. The van der Waals surface area contributed by atoms with Crippen molar-refractivity contribution in [1.82, 2.24) is 0 Å². The highest BCUT2D eigenvalue weighted by Gasteiger charge is 2.61. The average Bonchev–Trinajstić information content (AvgIpc) is 3.02. The minimum absolute atomic E-state index is 0.212. The van der Waals surface area contributed by atoms with Gasteiger partial charge in [0.1, 0.15) is 37.4 Å². The van der Waals surface area contributed by atoms with Gasteiger partial charge in [-0.2, -0.15) is 0 Å². The third kappa shape index (κ3) is 15.7. The summed E-state index contributed by atoms with van der Waals surface area (Å²) in [5.41, 5.74) is 0. The number of hydrogen-bond donors (Lipinski definition) is 6. The summed E-state index contributed by atoms with van der Waals surface area (Å²) in [4.78, 5) is 70.2. The van der Waals surface area contributed by atoms with Gasteiger partial charge in [-0.15, -0.1) is 0 Å². The first kappa shape index (κ1) is 44.8. The topological polar surface area (TPSA) is 279 Å². The van der Waals surface area contributed by atoms with Crippen molar-refractivity contribution in [2.45, 2.75) is 134 Å². The molecule has 0 aromatic rings. The van der Waals surface area contributed by atoms with Crippen molar-refractivity contribution >= 4 is 40.7 Å². The summed E-state index contributed by atoms with van der Waals surface area (Å²) in [6, 6.07) is 0. The Bertz CT molecular complexity index is 1090. The minimum atomic E-state index is -5.16. The molecule has 1 aliphatic carbocycles. The molecule has 0 bridgehead atoms. The number of esters is 3. The first-order valence-corrected chi connectivity index (χ1v) is 21.2. The molecule has 0 aromatic heterocycles. The van der Waals surface area contributed by atoms with Gasteiger partial charge in [-0.25, -0.2) is 0 Å². The highest BCUT2D eigenvalue weighted by atomic mass is 31.2. The second kappa shape index (κ2) is 21.8. The summed E-state index contributed by atoms with van der Waals surface area (Å²) < 4.78 is 70.6. The molecule has 0 heterocycles. The predicted molar refractivity (Wildman–Crippen MR) is 167 cm³/mol. The number of carbonyl (C=O) groups excluding carboxylic acids is 3. The Morgan fingerprint density at radius 2 is 0.688 bits per heavy atom. The fourth-order valence-corrected chi connectivity index (χ4v) is 6.81. The molecular weight excluding hydrogens is 705 g/mol. The first-order chi connectivity index (χ1) is 22.5. The van der Waals surface area contributed by atoms with Crippen LogP contribution < -0.4 is 0 Å². The van der Waals surface area contributed by atoms with E-state index >= 15 is 0 Å². The van der Waals surface area contributed by atoms with Gasteiger partial charge in [0.2, 0.25) is 0 Å². The van der Waals surface area contributed by atoms with Crippen LogP contribution >= 0.6 is 22.8 Å². The summed E-state index contributed by atoms with van der Waals surface area (Å²) in [6.07, 6.45) is -13.7. The van der Waals surface area contributed by atoms with Crippen molar-refractivity contribution in [2.24, 2.45) is 0 Å². The first-order valence-electron chi connectivity index (χ1n) is 15.9. The van der Waals surface area contributed by atoms with Crippen LogP contribution in [0.4, 0.5) is 0 Å². The van der Waals surface area contributed by atoms with Crippen molar-refractivity contribution in [3.63, 3.8) is 0 Å². The lowest BCUT2D eigenvalue weighted by molar-refractivity contribution is -0.238. The lowest BCUT2D eigenvalue weighted by Crippen LogP contribution is -2.68. The van der Waals surface area contributed by atoms with Gasteiger partial charge in [0, 0.05) is 19.3 Å². The van der Waals surface area contributed by atoms with E-state index in [1.807, 2.05) is 20.8 Å². The molecule has 1 fully saturated rings. The molecule has 5 unspecified atom stereocenters. The standard InChI is InChI=1S/C27H51O18P3/c1-4-7-10-13-19(31)40-22-23(41-20(32)14-11-8-5-2)25(43-46(34,35)16-28)27(45-48(38,39)18-30)26(44-47(36,37)17-29)24(22)42-21(33)15-12-9-6-3/h22-30H,4-18H2,1-3H3,(H,34,35)(H,36,37)(H,38,39)/t22?,23-,24+,25-,26-,27?/m0/s1. The molecule has 0 spiro atoms. The lowest BCUT2D eigenvalue weighted by atomic mass is 9.84. The molecule has 6 N–H and O–H groups in total. The van der Waals surface area contributed by atoms with Crippen LogP contribution in [0, 0.1) is 0 Å². The quantitative estimate of drug-likeness (QED) is 0.0357. The Morgan fingerprint density at radius 3 is 0.917 bits per heavy atom. The summed E-state index contributed by atoms with van der Waals surface area (Å²) in [7, 11) is -15.4. The van der Waals surface area contributed by atoms with Crippen LogP contribution in [0.2, 0.25) is 0 Å². The molecule has 18 nitrogen and oxygen atoms in total. The molecule has 1 rings (SSSR count). The van der Waals surface area contributed by atoms with Crippen LogP contribution in [-0.2, 0) is 55.9 Å². The van der Waals surface area contributed by atoms with Crippen LogP contribution in [0.1, 0.15) is 97.8 Å². The maximum atomic E-state index is 13.1. The van der Waals surface area contributed by atoms with Crippen molar-refractivity contribution < 1.29 is 85.9 Å². The number of hydrogen-bond acceptors (Lipinski definition) is 15. The number of aliphatic hydroxyl groups is 3. The molecule has 0 radical (unpaired) electrons. The molecule has 0 aromatic carbocycles. The summed E-state index contributed by atoms with van der Waals surface area (Å²) >= 11 is 0. The minimum Gasteiger partial charge on any atom is -0.455 e. The highest BCUT2D eigenvalue weighted by molar-refractivity contribution is 7.53. The highest BCUT2D eigenvalue weighted by Crippen LogP contribution is 2.54. The van der Waals surface area contributed by atoms with Crippen LogP contribution in [0.25, 0.3) is 0 Å². The third-order valence-electron chi connectivity index (χ3n) is 7.09. The molecule has 0 saturated heterocycles. The number of rotatable bonds is 24. The Hall–Kier alpha value is -1.26. The monoisotopic (exact) mass is 756 g/mol. The third-order valence-corrected chi connectivity index (χ3v) is 9.89. The zero-order valence-corrected chi connectivity index (χ0v) is 30.2. The van der Waals surface area contributed by atoms with E-state index in [9.17, 15) is 58.1 Å². The molecule has 48 heavy (non-hydrogen) atoms. The van der Waals surface area contributed by atoms with Gasteiger partial charge >= 0.3 is 40.7 Å². The Balaban J connectivity index is 4.03. The smallest absolute Gasteiger partial charge is 0.353 e. The van der Waals surface area contributed by atoms with Crippen molar-refractivity contribution in [3.05, 3.63) is 0 Å². The van der Waals surface area contributed by atoms with Crippen molar-refractivity contribution in [3.8, 4) is 0 Å². The fourth-order valence-electron chi connectivity index (χ4n) is 4.74. The van der Waals surface area contributed by atoms with Crippen LogP contribution in [0.3, 0.4) is 0 Å². The van der Waals surface area contributed by atoms with Gasteiger partial charge in [-0.05, 0) is 19.3 Å². The van der Waals surface area contributed by atoms with Gasteiger partial charge in [-0.1, -0.05) is 59.3 Å². The maximum Gasteiger partial charge on any atom is 0.353 e. The van der Waals surface area contributed by atoms with E-state index in [2.05, 4.69) is 0 Å². The second-order valence-corrected chi connectivity index (χ2v) is 16.6. The van der Waals surface area contributed by atoms with Crippen LogP contribution in [0.15, 0.2) is 0 Å². The molecular formula is C27H51O18P3.